The van der Waals surface area contributed by atoms with Gasteiger partial charge in [0.15, 0.2) is 5.65 Å². The minimum atomic E-state index is -0.986. The minimum Gasteiger partial charge on any atom is -0.477 e. The molecule has 5 nitrogen and oxygen atoms in total. The molecule has 0 unspecified atom stereocenters. The Morgan fingerprint density at radius 2 is 2.31 bits per heavy atom. The van der Waals surface area contributed by atoms with Crippen LogP contribution in [0.1, 0.15) is 35.8 Å². The van der Waals surface area contributed by atoms with Crippen molar-refractivity contribution in [3.8, 4) is 0 Å². The van der Waals surface area contributed by atoms with Crippen LogP contribution in [0.5, 0.6) is 0 Å². The highest BCUT2D eigenvalue weighted by atomic mass is 16.4. The van der Waals surface area contributed by atoms with Crippen molar-refractivity contribution in [1.82, 2.24) is 14.6 Å². The third-order valence-corrected chi connectivity index (χ3v) is 3.25. The van der Waals surface area contributed by atoms with Crippen LogP contribution in [0.3, 0.4) is 0 Å². The van der Waals surface area contributed by atoms with Crippen LogP contribution in [-0.4, -0.2) is 25.7 Å². The van der Waals surface area contributed by atoms with Crippen LogP contribution in [0.4, 0.5) is 0 Å². The summed E-state index contributed by atoms with van der Waals surface area (Å²) in [6, 6.07) is 1.92. The van der Waals surface area contributed by atoms with Crippen molar-refractivity contribution < 1.29 is 9.90 Å². The SMILES string of the molecule is CC1(c2ccnc3c(C(=O)O)cnn23)CC1. The van der Waals surface area contributed by atoms with Crippen molar-refractivity contribution in [3.63, 3.8) is 0 Å². The molecular weight excluding hydrogens is 206 g/mol. The highest BCUT2D eigenvalue weighted by Crippen LogP contribution is 2.47. The lowest BCUT2D eigenvalue weighted by molar-refractivity contribution is 0.0699. The molecule has 5 heteroatoms. The number of carboxylic acid groups (broad SMARTS) is 1. The lowest BCUT2D eigenvalue weighted by atomic mass is 10.1. The van der Waals surface area contributed by atoms with Crippen molar-refractivity contribution in [1.29, 1.82) is 0 Å². The summed E-state index contributed by atoms with van der Waals surface area (Å²) in [4.78, 5) is 15.0. The number of hydrogen-bond donors (Lipinski definition) is 1. The molecule has 3 rings (SSSR count). The van der Waals surface area contributed by atoms with Crippen LogP contribution >= 0.6 is 0 Å². The first-order valence-electron chi connectivity index (χ1n) is 5.18. The zero-order valence-corrected chi connectivity index (χ0v) is 8.84. The van der Waals surface area contributed by atoms with Gasteiger partial charge < -0.3 is 5.11 Å². The number of nitrogens with zero attached hydrogens (tertiary/aromatic N) is 3. The molecule has 16 heavy (non-hydrogen) atoms. The van der Waals surface area contributed by atoms with E-state index in [0.29, 0.717) is 5.65 Å². The van der Waals surface area contributed by atoms with Crippen LogP contribution in [-0.2, 0) is 5.41 Å². The van der Waals surface area contributed by atoms with Gasteiger partial charge in [0.1, 0.15) is 5.56 Å². The Kier molecular flexibility index (Phi) is 1.64. The maximum Gasteiger partial charge on any atom is 0.341 e. The van der Waals surface area contributed by atoms with Gasteiger partial charge in [0.05, 0.1) is 11.9 Å². The van der Waals surface area contributed by atoms with Gasteiger partial charge in [0.2, 0.25) is 0 Å². The maximum atomic E-state index is 11.0. The summed E-state index contributed by atoms with van der Waals surface area (Å²) in [7, 11) is 0. The smallest absolute Gasteiger partial charge is 0.341 e. The van der Waals surface area contributed by atoms with Gasteiger partial charge in [-0.25, -0.2) is 14.3 Å². The third-order valence-electron chi connectivity index (χ3n) is 3.25. The Morgan fingerprint density at radius 1 is 1.56 bits per heavy atom. The van der Waals surface area contributed by atoms with Gasteiger partial charge in [-0.15, -0.1) is 0 Å². The molecule has 1 N–H and O–H groups in total. The van der Waals surface area contributed by atoms with Gasteiger partial charge >= 0.3 is 5.97 Å². The molecule has 0 radical (unpaired) electrons. The van der Waals surface area contributed by atoms with Gasteiger partial charge in [0.25, 0.3) is 0 Å². The van der Waals surface area contributed by atoms with Gasteiger partial charge in [0, 0.05) is 11.6 Å². The van der Waals surface area contributed by atoms with E-state index in [2.05, 4.69) is 17.0 Å². The standard InChI is InChI=1S/C11H11N3O2/c1-11(3-4-11)8-2-5-12-9-7(10(15)16)6-13-14(8)9/h2,5-6H,3-4H2,1H3,(H,15,16). The van der Waals surface area contributed by atoms with E-state index in [0.717, 1.165) is 18.5 Å². The molecule has 0 aliphatic heterocycles. The van der Waals surface area contributed by atoms with Gasteiger partial charge in [-0.05, 0) is 18.9 Å². The lowest BCUT2D eigenvalue weighted by Gasteiger charge is -2.09. The van der Waals surface area contributed by atoms with Gasteiger partial charge in [-0.3, -0.25) is 0 Å². The molecule has 1 fully saturated rings. The second-order valence-electron chi connectivity index (χ2n) is 4.49. The Morgan fingerprint density at radius 3 is 2.94 bits per heavy atom. The average Bonchev–Trinajstić information content (AvgIpc) is 2.85. The van der Waals surface area contributed by atoms with E-state index >= 15 is 0 Å². The first-order chi connectivity index (χ1) is 7.62. The number of aromatic carboxylic acids is 1. The molecule has 0 amide bonds. The molecule has 2 aromatic heterocycles. The van der Waals surface area contributed by atoms with E-state index in [1.165, 1.54) is 6.20 Å². The molecule has 0 bridgehead atoms. The predicted octanol–water partition coefficient (Wildman–Crippen LogP) is 1.48. The fraction of sp³-hybridized carbons (Fsp3) is 0.364. The number of aromatic nitrogens is 3. The summed E-state index contributed by atoms with van der Waals surface area (Å²) in [6.45, 7) is 2.16. The summed E-state index contributed by atoms with van der Waals surface area (Å²) in [5.74, 6) is -0.986. The lowest BCUT2D eigenvalue weighted by Crippen LogP contribution is -2.09. The number of carbonyl (C=O) groups is 1. The molecule has 82 valence electrons. The Bertz CT molecular complexity index is 584. The van der Waals surface area contributed by atoms with Crippen LogP contribution in [0, 0.1) is 0 Å². The first-order valence-corrected chi connectivity index (χ1v) is 5.18. The molecular formula is C11H11N3O2. The van der Waals surface area contributed by atoms with Crippen molar-refractivity contribution in [2.75, 3.05) is 0 Å². The third kappa shape index (κ3) is 1.14. The molecule has 2 heterocycles. The van der Waals surface area contributed by atoms with Crippen LogP contribution in [0.25, 0.3) is 5.65 Å². The highest BCUT2D eigenvalue weighted by molar-refractivity contribution is 5.94. The molecule has 1 aliphatic carbocycles. The molecule has 0 atom stereocenters. The molecule has 0 saturated heterocycles. The number of carboxylic acids is 1. The van der Waals surface area contributed by atoms with Gasteiger partial charge in [-0.1, -0.05) is 6.92 Å². The van der Waals surface area contributed by atoms with Crippen molar-refractivity contribution in [2.24, 2.45) is 0 Å². The van der Waals surface area contributed by atoms with Crippen molar-refractivity contribution in [3.05, 3.63) is 29.7 Å². The quantitative estimate of drug-likeness (QED) is 0.827. The molecule has 1 aliphatic rings. The van der Waals surface area contributed by atoms with E-state index in [-0.39, 0.29) is 11.0 Å². The second kappa shape index (κ2) is 2.81. The fourth-order valence-corrected chi connectivity index (χ4v) is 1.94. The number of rotatable bonds is 2. The Labute approximate surface area is 91.7 Å². The Balaban J connectivity index is 2.29. The summed E-state index contributed by atoms with van der Waals surface area (Å²) in [5.41, 5.74) is 1.78. The van der Waals surface area contributed by atoms with Crippen molar-refractivity contribution >= 4 is 11.6 Å². The first kappa shape index (κ1) is 9.33. The molecule has 0 aromatic carbocycles. The summed E-state index contributed by atoms with van der Waals surface area (Å²) < 4.78 is 1.65. The average molecular weight is 217 g/mol. The predicted molar refractivity (Wildman–Crippen MR) is 56.5 cm³/mol. The van der Waals surface area contributed by atoms with E-state index in [4.69, 9.17) is 5.11 Å². The summed E-state index contributed by atoms with van der Waals surface area (Å²) >= 11 is 0. The van der Waals surface area contributed by atoms with E-state index in [1.54, 1.807) is 10.7 Å². The topological polar surface area (TPSA) is 67.5 Å². The van der Waals surface area contributed by atoms with Crippen molar-refractivity contribution in [2.45, 2.75) is 25.2 Å². The largest absolute Gasteiger partial charge is 0.477 e. The summed E-state index contributed by atoms with van der Waals surface area (Å²) in [6.07, 6.45) is 5.25. The Hall–Kier alpha value is -1.91. The van der Waals surface area contributed by atoms with Crippen LogP contribution in [0.15, 0.2) is 18.5 Å². The van der Waals surface area contributed by atoms with E-state index in [1.807, 2.05) is 6.07 Å². The second-order valence-corrected chi connectivity index (χ2v) is 4.49. The number of fused-ring (bicyclic) bond motifs is 1. The number of hydrogen-bond acceptors (Lipinski definition) is 3. The maximum absolute atomic E-state index is 11.0. The molecule has 0 spiro atoms. The molecule has 1 saturated carbocycles. The zero-order valence-electron chi connectivity index (χ0n) is 8.84. The normalized spacial score (nSPS) is 17.6. The zero-order chi connectivity index (χ0) is 11.3. The van der Waals surface area contributed by atoms with Crippen LogP contribution < -0.4 is 0 Å². The van der Waals surface area contributed by atoms with Gasteiger partial charge in [-0.2, -0.15) is 5.10 Å². The van der Waals surface area contributed by atoms with E-state index < -0.39 is 5.97 Å². The fourth-order valence-electron chi connectivity index (χ4n) is 1.94. The molecule has 2 aromatic rings. The van der Waals surface area contributed by atoms with E-state index in [9.17, 15) is 4.79 Å². The monoisotopic (exact) mass is 217 g/mol. The van der Waals surface area contributed by atoms with Crippen LogP contribution in [0.2, 0.25) is 0 Å². The minimum absolute atomic E-state index is 0.142. The highest BCUT2D eigenvalue weighted by Gasteiger charge is 2.41. The summed E-state index contributed by atoms with van der Waals surface area (Å²) in [5, 5.41) is 13.1.